The van der Waals surface area contributed by atoms with E-state index in [4.69, 9.17) is 4.74 Å². The Morgan fingerprint density at radius 3 is 2.61 bits per heavy atom. The van der Waals surface area contributed by atoms with Crippen molar-refractivity contribution in [3.63, 3.8) is 0 Å². The van der Waals surface area contributed by atoms with Gasteiger partial charge in [-0.25, -0.2) is 4.39 Å². The molecule has 166 valence electrons. The van der Waals surface area contributed by atoms with Gasteiger partial charge in [-0.3, -0.25) is 14.5 Å². The third kappa shape index (κ3) is 7.07. The smallest absolute Gasteiger partial charge is 0.254 e. The number of nitrogens with one attached hydrogen (secondary N) is 1. The van der Waals surface area contributed by atoms with E-state index in [1.54, 1.807) is 17.0 Å². The summed E-state index contributed by atoms with van der Waals surface area (Å²) >= 11 is 0. The van der Waals surface area contributed by atoms with Crippen LogP contribution in [0.4, 0.5) is 4.39 Å². The van der Waals surface area contributed by atoms with E-state index in [1.807, 2.05) is 24.3 Å². The van der Waals surface area contributed by atoms with Gasteiger partial charge in [0.2, 0.25) is 5.91 Å². The first-order valence-electron chi connectivity index (χ1n) is 10.8. The van der Waals surface area contributed by atoms with Gasteiger partial charge in [-0.05, 0) is 48.7 Å². The number of halogens is 1. The van der Waals surface area contributed by atoms with Gasteiger partial charge in [-0.1, -0.05) is 25.1 Å². The van der Waals surface area contributed by atoms with Crippen LogP contribution in [0.15, 0.2) is 48.5 Å². The molecule has 3 rings (SSSR count). The van der Waals surface area contributed by atoms with Crippen molar-refractivity contribution < 1.29 is 18.7 Å². The highest BCUT2D eigenvalue weighted by atomic mass is 19.1. The summed E-state index contributed by atoms with van der Waals surface area (Å²) in [6.07, 6.45) is 1.73. The number of ether oxygens (including phenoxy) is 1. The van der Waals surface area contributed by atoms with Gasteiger partial charge < -0.3 is 15.0 Å². The van der Waals surface area contributed by atoms with E-state index in [-0.39, 0.29) is 11.8 Å². The Balaban J connectivity index is 1.43. The van der Waals surface area contributed by atoms with Crippen molar-refractivity contribution in [3.05, 3.63) is 65.5 Å². The first-order chi connectivity index (χ1) is 15.0. The van der Waals surface area contributed by atoms with Crippen LogP contribution in [0.5, 0.6) is 5.75 Å². The molecule has 1 fully saturated rings. The van der Waals surface area contributed by atoms with Crippen LogP contribution < -0.4 is 10.1 Å². The van der Waals surface area contributed by atoms with Gasteiger partial charge in [0, 0.05) is 38.3 Å². The molecule has 1 aliphatic rings. The Bertz CT molecular complexity index is 873. The summed E-state index contributed by atoms with van der Waals surface area (Å²) in [5, 5.41) is 2.95. The lowest BCUT2D eigenvalue weighted by Gasteiger charge is -2.22. The van der Waals surface area contributed by atoms with Crippen LogP contribution in [0.25, 0.3) is 0 Å². The van der Waals surface area contributed by atoms with E-state index in [0.717, 1.165) is 30.7 Å². The molecular weight excluding hydrogens is 397 g/mol. The second-order valence-electron chi connectivity index (χ2n) is 7.70. The lowest BCUT2D eigenvalue weighted by atomic mass is 10.2. The van der Waals surface area contributed by atoms with E-state index in [9.17, 15) is 14.0 Å². The van der Waals surface area contributed by atoms with Gasteiger partial charge in [0.25, 0.3) is 5.91 Å². The monoisotopic (exact) mass is 427 g/mol. The molecule has 1 N–H and O–H groups in total. The highest BCUT2D eigenvalue weighted by molar-refractivity contribution is 5.94. The second-order valence-corrected chi connectivity index (χ2v) is 7.70. The number of carbonyl (C=O) groups excluding carboxylic acids is 2. The third-order valence-electron chi connectivity index (χ3n) is 5.20. The van der Waals surface area contributed by atoms with Gasteiger partial charge in [-0.15, -0.1) is 0 Å². The summed E-state index contributed by atoms with van der Waals surface area (Å²) in [6, 6.07) is 13.5. The maximum atomic E-state index is 13.4. The standard InChI is InChI=1S/C24H30FN3O3/c1-2-15-31-22-9-7-19(8-10-22)17-26-23(29)18-27-11-4-12-28(14-13-27)24(30)20-5-3-6-21(25)16-20/h3,5-10,16H,2,4,11-15,17-18H2,1H3,(H,26,29). The van der Waals surface area contributed by atoms with E-state index in [0.29, 0.717) is 44.9 Å². The number of hydrogen-bond donors (Lipinski definition) is 1. The second kappa shape index (κ2) is 11.5. The molecule has 6 nitrogen and oxygen atoms in total. The van der Waals surface area contributed by atoms with E-state index < -0.39 is 5.82 Å². The minimum atomic E-state index is -0.415. The molecule has 0 atom stereocenters. The van der Waals surface area contributed by atoms with Crippen LogP contribution >= 0.6 is 0 Å². The fraction of sp³-hybridized carbons (Fsp3) is 0.417. The summed E-state index contributed by atoms with van der Waals surface area (Å²) < 4.78 is 19.0. The summed E-state index contributed by atoms with van der Waals surface area (Å²) in [4.78, 5) is 28.8. The van der Waals surface area contributed by atoms with E-state index in [1.165, 1.54) is 12.1 Å². The zero-order chi connectivity index (χ0) is 22.1. The van der Waals surface area contributed by atoms with Gasteiger partial charge in [0.05, 0.1) is 13.2 Å². The normalized spacial score (nSPS) is 14.7. The average Bonchev–Trinajstić information content (AvgIpc) is 3.02. The molecule has 0 bridgehead atoms. The van der Waals surface area contributed by atoms with Gasteiger partial charge in [0.15, 0.2) is 0 Å². The third-order valence-corrected chi connectivity index (χ3v) is 5.20. The zero-order valence-corrected chi connectivity index (χ0v) is 18.0. The number of nitrogens with zero attached hydrogens (tertiary/aromatic N) is 2. The van der Waals surface area contributed by atoms with E-state index >= 15 is 0 Å². The average molecular weight is 428 g/mol. The number of carbonyl (C=O) groups is 2. The molecule has 0 aromatic heterocycles. The molecule has 0 radical (unpaired) electrons. The van der Waals surface area contributed by atoms with Gasteiger partial charge in [-0.2, -0.15) is 0 Å². The van der Waals surface area contributed by atoms with Crippen molar-refractivity contribution in [2.24, 2.45) is 0 Å². The van der Waals surface area contributed by atoms with Crippen molar-refractivity contribution in [1.82, 2.24) is 15.1 Å². The fourth-order valence-corrected chi connectivity index (χ4v) is 3.52. The van der Waals surface area contributed by atoms with Gasteiger partial charge in [0.1, 0.15) is 11.6 Å². The molecule has 0 aliphatic carbocycles. The summed E-state index contributed by atoms with van der Waals surface area (Å²) in [6.45, 7) is 5.97. The Kier molecular flexibility index (Phi) is 8.41. The molecule has 2 aromatic rings. The number of amides is 2. The number of rotatable bonds is 8. The number of benzene rings is 2. The van der Waals surface area contributed by atoms with Crippen molar-refractivity contribution >= 4 is 11.8 Å². The molecule has 31 heavy (non-hydrogen) atoms. The first-order valence-corrected chi connectivity index (χ1v) is 10.8. The lowest BCUT2D eigenvalue weighted by Crippen LogP contribution is -2.39. The minimum Gasteiger partial charge on any atom is -0.494 e. The molecule has 0 unspecified atom stereocenters. The Morgan fingerprint density at radius 2 is 1.87 bits per heavy atom. The van der Waals surface area contributed by atoms with Crippen LogP contribution in [0, 0.1) is 5.82 Å². The SMILES string of the molecule is CCCOc1ccc(CNC(=O)CN2CCCN(C(=O)c3cccc(F)c3)CC2)cc1. The highest BCUT2D eigenvalue weighted by Crippen LogP contribution is 2.13. The van der Waals surface area contributed by atoms with Crippen molar-refractivity contribution in [1.29, 1.82) is 0 Å². The predicted molar refractivity (Wildman–Crippen MR) is 117 cm³/mol. The largest absolute Gasteiger partial charge is 0.494 e. The lowest BCUT2D eigenvalue weighted by molar-refractivity contribution is -0.122. The first kappa shape index (κ1) is 22.7. The maximum Gasteiger partial charge on any atom is 0.254 e. The molecule has 7 heteroatoms. The van der Waals surface area contributed by atoms with Crippen LogP contribution in [0.1, 0.15) is 35.7 Å². The summed E-state index contributed by atoms with van der Waals surface area (Å²) in [5.74, 6) is 0.203. The Hall–Kier alpha value is -2.93. The molecular formula is C24H30FN3O3. The fourth-order valence-electron chi connectivity index (χ4n) is 3.52. The van der Waals surface area contributed by atoms with Crippen LogP contribution in [0.2, 0.25) is 0 Å². The molecule has 0 saturated carbocycles. The van der Waals surface area contributed by atoms with Crippen molar-refractivity contribution in [3.8, 4) is 5.75 Å². The van der Waals surface area contributed by atoms with Crippen molar-refractivity contribution in [2.75, 3.05) is 39.3 Å². The maximum absolute atomic E-state index is 13.4. The molecule has 0 spiro atoms. The van der Waals surface area contributed by atoms with E-state index in [2.05, 4.69) is 17.1 Å². The molecule has 1 saturated heterocycles. The van der Waals surface area contributed by atoms with Crippen LogP contribution in [0.3, 0.4) is 0 Å². The van der Waals surface area contributed by atoms with Crippen LogP contribution in [-0.4, -0.2) is 60.9 Å². The number of hydrogen-bond acceptors (Lipinski definition) is 4. The topological polar surface area (TPSA) is 61.9 Å². The summed E-state index contributed by atoms with van der Waals surface area (Å²) in [7, 11) is 0. The molecule has 2 aromatic carbocycles. The molecule has 1 aliphatic heterocycles. The highest BCUT2D eigenvalue weighted by Gasteiger charge is 2.21. The van der Waals surface area contributed by atoms with Crippen molar-refractivity contribution in [2.45, 2.75) is 26.3 Å². The molecule has 1 heterocycles. The Labute approximate surface area is 183 Å². The van der Waals surface area contributed by atoms with Crippen LogP contribution in [-0.2, 0) is 11.3 Å². The van der Waals surface area contributed by atoms with Gasteiger partial charge >= 0.3 is 0 Å². The zero-order valence-electron chi connectivity index (χ0n) is 18.0. The quantitative estimate of drug-likeness (QED) is 0.703. The Morgan fingerprint density at radius 1 is 1.06 bits per heavy atom. The predicted octanol–water partition coefficient (Wildman–Crippen LogP) is 3.08. The minimum absolute atomic E-state index is 0.0452. The summed E-state index contributed by atoms with van der Waals surface area (Å²) in [5.41, 5.74) is 1.37. The molecule has 2 amide bonds.